The molecule has 0 unspecified atom stereocenters. The van der Waals surface area contributed by atoms with Crippen LogP contribution in [0.15, 0.2) is 72.3 Å². The third-order valence-corrected chi connectivity index (χ3v) is 5.75. The Hall–Kier alpha value is -4.30. The van der Waals surface area contributed by atoms with Crippen LogP contribution in [0.2, 0.25) is 5.02 Å². The third kappa shape index (κ3) is 6.10. The molecular weight excluding hydrogens is 496 g/mol. The van der Waals surface area contributed by atoms with Gasteiger partial charge in [0, 0.05) is 16.7 Å². The molecule has 190 valence electrons. The first kappa shape index (κ1) is 25.8. The second-order valence-corrected chi connectivity index (χ2v) is 8.56. The fourth-order valence-corrected chi connectivity index (χ4v) is 3.71. The number of rotatable bonds is 9. The first-order chi connectivity index (χ1) is 17.9. The van der Waals surface area contributed by atoms with Crippen molar-refractivity contribution in [2.24, 2.45) is 0 Å². The summed E-state index contributed by atoms with van der Waals surface area (Å²) in [5.41, 5.74) is 1.43. The Morgan fingerprint density at radius 2 is 1.62 bits per heavy atom. The van der Waals surface area contributed by atoms with E-state index in [4.69, 9.17) is 25.8 Å². The predicted molar refractivity (Wildman–Crippen MR) is 140 cm³/mol. The fraction of sp³-hybridized carbons (Fsp3) is 0.179. The molecule has 0 bridgehead atoms. The van der Waals surface area contributed by atoms with E-state index in [-0.39, 0.29) is 12.2 Å². The lowest BCUT2D eigenvalue weighted by Crippen LogP contribution is -2.54. The van der Waals surface area contributed by atoms with Crippen LogP contribution in [0.3, 0.4) is 0 Å². The zero-order valence-corrected chi connectivity index (χ0v) is 21.1. The van der Waals surface area contributed by atoms with E-state index < -0.39 is 17.8 Å². The monoisotopic (exact) mass is 520 g/mol. The molecule has 1 aliphatic rings. The van der Waals surface area contributed by atoms with Crippen LogP contribution >= 0.6 is 11.6 Å². The van der Waals surface area contributed by atoms with Gasteiger partial charge >= 0.3 is 6.03 Å². The fourth-order valence-electron chi connectivity index (χ4n) is 3.59. The van der Waals surface area contributed by atoms with Gasteiger partial charge in [0.1, 0.15) is 29.4 Å². The largest absolute Gasteiger partial charge is 0.497 e. The van der Waals surface area contributed by atoms with E-state index >= 15 is 0 Å². The maximum atomic E-state index is 13.3. The van der Waals surface area contributed by atoms with Crippen molar-refractivity contribution in [2.75, 3.05) is 18.6 Å². The number of ether oxygens (including phenoxy) is 3. The van der Waals surface area contributed by atoms with E-state index in [1.165, 1.54) is 13.2 Å². The van der Waals surface area contributed by atoms with Crippen LogP contribution in [0.5, 0.6) is 17.2 Å². The van der Waals surface area contributed by atoms with Crippen LogP contribution in [0.25, 0.3) is 6.08 Å². The second kappa shape index (κ2) is 11.6. The lowest BCUT2D eigenvalue weighted by Gasteiger charge is -2.26. The summed E-state index contributed by atoms with van der Waals surface area (Å²) in [6, 6.07) is 17.9. The lowest BCUT2D eigenvalue weighted by atomic mass is 10.1. The number of nitrogens with zero attached hydrogens (tertiary/aromatic N) is 1. The molecule has 0 spiro atoms. The Kier molecular flexibility index (Phi) is 8.10. The number of imide groups is 2. The Labute approximate surface area is 219 Å². The van der Waals surface area contributed by atoms with Crippen LogP contribution in [0.4, 0.5) is 10.5 Å². The molecule has 4 amide bonds. The SMILES string of the molecule is CCCOc1ccc(N2C(=O)NC(=O)/C(=C/c3ccc(OC)cc3OCc3ccc(Cl)cc3)C2=O)cc1. The molecule has 0 aliphatic carbocycles. The molecule has 37 heavy (non-hydrogen) atoms. The first-order valence-corrected chi connectivity index (χ1v) is 12.0. The van der Waals surface area contributed by atoms with Crippen LogP contribution < -0.4 is 24.4 Å². The van der Waals surface area contributed by atoms with Crippen molar-refractivity contribution in [1.29, 1.82) is 0 Å². The number of anilines is 1. The topological polar surface area (TPSA) is 94.2 Å². The first-order valence-electron chi connectivity index (χ1n) is 11.6. The summed E-state index contributed by atoms with van der Waals surface area (Å²) in [7, 11) is 1.52. The Bertz CT molecular complexity index is 1340. The molecule has 1 fully saturated rings. The zero-order chi connectivity index (χ0) is 26.4. The number of amides is 4. The van der Waals surface area contributed by atoms with Crippen molar-refractivity contribution in [3.05, 3.63) is 88.5 Å². The van der Waals surface area contributed by atoms with Gasteiger partial charge in [0.25, 0.3) is 11.8 Å². The Balaban J connectivity index is 1.63. The average Bonchev–Trinajstić information content (AvgIpc) is 2.90. The van der Waals surface area contributed by atoms with Gasteiger partial charge in [-0.3, -0.25) is 14.9 Å². The molecule has 4 rings (SSSR count). The highest BCUT2D eigenvalue weighted by Crippen LogP contribution is 2.30. The van der Waals surface area contributed by atoms with Gasteiger partial charge in [-0.05, 0) is 66.6 Å². The highest BCUT2D eigenvalue weighted by atomic mass is 35.5. The number of methoxy groups -OCH3 is 1. The van der Waals surface area contributed by atoms with E-state index in [9.17, 15) is 14.4 Å². The average molecular weight is 521 g/mol. The van der Waals surface area contributed by atoms with Crippen LogP contribution in [-0.4, -0.2) is 31.6 Å². The Morgan fingerprint density at radius 1 is 0.919 bits per heavy atom. The molecular formula is C28H25ClN2O6. The van der Waals surface area contributed by atoms with Crippen molar-refractivity contribution in [3.63, 3.8) is 0 Å². The Morgan fingerprint density at radius 3 is 2.30 bits per heavy atom. The van der Waals surface area contributed by atoms with Crippen LogP contribution in [0, 0.1) is 0 Å². The third-order valence-electron chi connectivity index (χ3n) is 5.50. The second-order valence-electron chi connectivity index (χ2n) is 8.12. The molecule has 1 aliphatic heterocycles. The molecule has 0 aromatic heterocycles. The molecule has 0 atom stereocenters. The summed E-state index contributed by atoms with van der Waals surface area (Å²) in [6.07, 6.45) is 2.24. The number of benzene rings is 3. The summed E-state index contributed by atoms with van der Waals surface area (Å²) in [6.45, 7) is 2.76. The van der Waals surface area contributed by atoms with Gasteiger partial charge in [-0.2, -0.15) is 0 Å². The highest BCUT2D eigenvalue weighted by molar-refractivity contribution is 6.39. The van der Waals surface area contributed by atoms with Gasteiger partial charge < -0.3 is 14.2 Å². The van der Waals surface area contributed by atoms with E-state index in [2.05, 4.69) is 5.32 Å². The number of carbonyl (C=O) groups excluding carboxylic acids is 3. The maximum Gasteiger partial charge on any atom is 0.335 e. The van der Waals surface area contributed by atoms with Crippen molar-refractivity contribution in [2.45, 2.75) is 20.0 Å². The molecule has 1 saturated heterocycles. The van der Waals surface area contributed by atoms with E-state index in [0.29, 0.717) is 40.1 Å². The van der Waals surface area contributed by atoms with Gasteiger partial charge in [-0.1, -0.05) is 30.7 Å². The van der Waals surface area contributed by atoms with Crippen LogP contribution in [0.1, 0.15) is 24.5 Å². The molecule has 3 aromatic rings. The zero-order valence-electron chi connectivity index (χ0n) is 20.3. The number of carbonyl (C=O) groups is 3. The summed E-state index contributed by atoms with van der Waals surface area (Å²) >= 11 is 5.95. The van der Waals surface area contributed by atoms with E-state index in [1.807, 2.05) is 19.1 Å². The number of barbiturate groups is 1. The number of hydrogen-bond donors (Lipinski definition) is 1. The predicted octanol–water partition coefficient (Wildman–Crippen LogP) is 5.38. The van der Waals surface area contributed by atoms with Gasteiger partial charge in [0.2, 0.25) is 0 Å². The number of urea groups is 1. The molecule has 0 radical (unpaired) electrons. The maximum absolute atomic E-state index is 13.3. The number of hydrogen-bond acceptors (Lipinski definition) is 6. The number of nitrogens with one attached hydrogen (secondary N) is 1. The molecule has 0 saturated carbocycles. The smallest absolute Gasteiger partial charge is 0.335 e. The van der Waals surface area contributed by atoms with Crippen LogP contribution in [-0.2, 0) is 16.2 Å². The lowest BCUT2D eigenvalue weighted by molar-refractivity contribution is -0.122. The van der Waals surface area contributed by atoms with E-state index in [0.717, 1.165) is 16.9 Å². The van der Waals surface area contributed by atoms with Crippen molar-refractivity contribution >= 4 is 41.2 Å². The number of halogens is 1. The van der Waals surface area contributed by atoms with Crippen molar-refractivity contribution in [1.82, 2.24) is 5.32 Å². The van der Waals surface area contributed by atoms with Crippen molar-refractivity contribution in [3.8, 4) is 17.2 Å². The quantitative estimate of drug-likeness (QED) is 0.300. The standard InChI is InChI=1S/C28H25ClN2O6/c1-3-14-36-22-12-9-21(10-13-22)31-27(33)24(26(32)30-28(31)34)15-19-6-11-23(35-2)16-25(19)37-17-18-4-7-20(29)8-5-18/h4-13,15-16H,3,14,17H2,1-2H3,(H,30,32,34)/b24-15-. The van der Waals surface area contributed by atoms with Crippen molar-refractivity contribution < 1.29 is 28.6 Å². The normalized spacial score (nSPS) is 14.5. The highest BCUT2D eigenvalue weighted by Gasteiger charge is 2.37. The summed E-state index contributed by atoms with van der Waals surface area (Å²) < 4.78 is 16.9. The molecule has 1 heterocycles. The van der Waals surface area contributed by atoms with Gasteiger partial charge in [-0.15, -0.1) is 0 Å². The molecule has 3 aromatic carbocycles. The summed E-state index contributed by atoms with van der Waals surface area (Å²) in [4.78, 5) is 39.5. The molecule has 1 N–H and O–H groups in total. The minimum Gasteiger partial charge on any atom is -0.497 e. The van der Waals surface area contributed by atoms with Gasteiger partial charge in [0.15, 0.2) is 0 Å². The van der Waals surface area contributed by atoms with E-state index in [1.54, 1.807) is 54.6 Å². The molecule has 9 heteroatoms. The minimum atomic E-state index is -0.830. The van der Waals surface area contributed by atoms with Gasteiger partial charge in [0.05, 0.1) is 19.4 Å². The molecule has 8 nitrogen and oxygen atoms in total. The minimum absolute atomic E-state index is 0.215. The van der Waals surface area contributed by atoms with Gasteiger partial charge in [-0.25, -0.2) is 9.69 Å². The summed E-state index contributed by atoms with van der Waals surface area (Å²) in [5.74, 6) is -0.00905. The summed E-state index contributed by atoms with van der Waals surface area (Å²) in [5, 5.41) is 2.84.